The Balaban J connectivity index is 1.92. The molecular weight excluding hydrogens is 521 g/mol. The molecule has 0 aliphatic carbocycles. The van der Waals surface area contributed by atoms with E-state index in [-0.39, 0.29) is 22.5 Å². The number of aromatic nitrogens is 2. The Morgan fingerprint density at radius 3 is 2.32 bits per heavy atom. The first kappa shape index (κ1) is 25.8. The first-order valence-corrected chi connectivity index (χ1v) is 11.8. The number of nitrogens with zero attached hydrogens (tertiary/aromatic N) is 4. The average molecular weight is 540 g/mol. The quantitative estimate of drug-likeness (QED) is 0.503. The highest BCUT2D eigenvalue weighted by molar-refractivity contribution is 7.94. The van der Waals surface area contributed by atoms with Gasteiger partial charge in [0.25, 0.3) is 5.56 Å². The summed E-state index contributed by atoms with van der Waals surface area (Å²) in [4.78, 5) is 37.5. The molecule has 1 aromatic heterocycles. The minimum atomic E-state index is -4.68. The van der Waals surface area contributed by atoms with E-state index < -0.39 is 51.6 Å². The highest BCUT2D eigenvalue weighted by Crippen LogP contribution is 2.40. The van der Waals surface area contributed by atoms with Crippen LogP contribution in [0.5, 0.6) is 5.75 Å². The highest BCUT2D eigenvalue weighted by atomic mass is 32.2. The molecule has 4 rings (SSSR count). The molecular formula is C22H19F3N4O7S. The Bertz CT molecular complexity index is 1660. The molecule has 0 saturated heterocycles. The average Bonchev–Trinajstić information content (AvgIpc) is 2.98. The third kappa shape index (κ3) is 4.30. The van der Waals surface area contributed by atoms with Gasteiger partial charge in [-0.05, 0) is 42.3 Å². The first-order valence-electron chi connectivity index (χ1n) is 10.4. The molecule has 1 aliphatic rings. The van der Waals surface area contributed by atoms with E-state index >= 15 is 0 Å². The monoisotopic (exact) mass is 540 g/mol. The van der Waals surface area contributed by atoms with Gasteiger partial charge >= 0.3 is 28.2 Å². The Kier molecular flexibility index (Phi) is 6.06. The smallest absolute Gasteiger partial charge is 0.449 e. The number of hydrogen-bond acceptors (Lipinski definition) is 6. The van der Waals surface area contributed by atoms with Crippen LogP contribution in [0.2, 0.25) is 0 Å². The van der Waals surface area contributed by atoms with E-state index in [1.54, 1.807) is 0 Å². The lowest BCUT2D eigenvalue weighted by Crippen LogP contribution is -2.40. The number of rotatable bonds is 4. The molecule has 0 spiro atoms. The van der Waals surface area contributed by atoms with Crippen molar-refractivity contribution < 1.29 is 36.2 Å². The van der Waals surface area contributed by atoms with Gasteiger partial charge in [-0.15, -0.1) is 0 Å². The fourth-order valence-corrected chi connectivity index (χ4v) is 5.18. The van der Waals surface area contributed by atoms with Crippen LogP contribution in [0.1, 0.15) is 16.7 Å². The Morgan fingerprint density at radius 1 is 1.05 bits per heavy atom. The van der Waals surface area contributed by atoms with Crippen molar-refractivity contribution >= 4 is 27.7 Å². The zero-order valence-corrected chi connectivity index (χ0v) is 20.3. The Labute approximate surface area is 207 Å². The highest BCUT2D eigenvalue weighted by Gasteiger charge is 2.36. The van der Waals surface area contributed by atoms with Crippen LogP contribution in [-0.2, 0) is 22.9 Å². The molecule has 0 radical (unpaired) electrons. The third-order valence-corrected chi connectivity index (χ3v) is 7.80. The molecule has 0 saturated carbocycles. The van der Waals surface area contributed by atoms with Gasteiger partial charge in [0.05, 0.1) is 35.4 Å². The number of halogens is 3. The van der Waals surface area contributed by atoms with E-state index in [0.717, 1.165) is 31.5 Å². The van der Waals surface area contributed by atoms with Gasteiger partial charge in [0.15, 0.2) is 0 Å². The summed E-state index contributed by atoms with van der Waals surface area (Å²) < 4.78 is 72.9. The van der Waals surface area contributed by atoms with Gasteiger partial charge in [-0.1, -0.05) is 12.1 Å². The molecule has 196 valence electrons. The molecule has 2 aromatic carbocycles. The molecule has 0 atom stereocenters. The fourth-order valence-electron chi connectivity index (χ4n) is 4.01. The molecule has 3 aromatic rings. The maximum atomic E-state index is 13.4. The van der Waals surface area contributed by atoms with Crippen molar-refractivity contribution in [2.45, 2.75) is 19.6 Å². The second kappa shape index (κ2) is 8.69. The lowest BCUT2D eigenvalue weighted by molar-refractivity contribution is -0.138. The predicted molar refractivity (Wildman–Crippen MR) is 126 cm³/mol. The topological polar surface area (TPSA) is 131 Å². The van der Waals surface area contributed by atoms with E-state index in [4.69, 9.17) is 5.11 Å². The molecule has 0 bridgehead atoms. The number of fused-ring (bicyclic) bond motifs is 1. The number of ether oxygens (including phenoxy) is 1. The van der Waals surface area contributed by atoms with Gasteiger partial charge < -0.3 is 9.84 Å². The number of alkyl halides is 3. The van der Waals surface area contributed by atoms with Crippen molar-refractivity contribution in [3.8, 4) is 11.4 Å². The largest absolute Gasteiger partial charge is 0.511 e. The maximum Gasteiger partial charge on any atom is 0.511 e. The van der Waals surface area contributed by atoms with E-state index in [9.17, 15) is 36.0 Å². The summed E-state index contributed by atoms with van der Waals surface area (Å²) in [5.41, 5.74) is -2.83. The molecule has 11 nitrogen and oxygen atoms in total. The minimum absolute atomic E-state index is 0.00513. The Hall–Kier alpha value is -4.27. The van der Waals surface area contributed by atoms with Gasteiger partial charge in [0.1, 0.15) is 0 Å². The normalized spacial score (nSPS) is 14.5. The number of benzene rings is 2. The van der Waals surface area contributed by atoms with Crippen molar-refractivity contribution in [1.82, 2.24) is 9.13 Å². The minimum Gasteiger partial charge on any atom is -0.449 e. The van der Waals surface area contributed by atoms with Crippen LogP contribution in [0.15, 0.2) is 52.2 Å². The first-order chi connectivity index (χ1) is 17.1. The fraction of sp³-hybridized carbons (Fsp3) is 0.227. The van der Waals surface area contributed by atoms with Crippen LogP contribution in [0.3, 0.4) is 0 Å². The second-order valence-corrected chi connectivity index (χ2v) is 10.1. The predicted octanol–water partition coefficient (Wildman–Crippen LogP) is 2.56. The van der Waals surface area contributed by atoms with E-state index in [2.05, 4.69) is 4.74 Å². The standard InChI is InChI=1S/C22H19F3N4O7S/c1-12-13(5-4-6-15(12)22(23,24)25)10-29-19(30)18(36-21(32)33)11-28(20(29)31)14-7-8-16-17(9-14)27(3)37(34,35)26(16)2/h4-9,11H,10H2,1-3H3,(H,32,33). The summed E-state index contributed by atoms with van der Waals surface area (Å²) in [5.74, 6) is -0.782. The number of anilines is 2. The molecule has 0 unspecified atom stereocenters. The van der Waals surface area contributed by atoms with Crippen LogP contribution in [0.25, 0.3) is 5.69 Å². The van der Waals surface area contributed by atoms with Gasteiger partial charge in [-0.2, -0.15) is 21.6 Å². The summed E-state index contributed by atoms with van der Waals surface area (Å²) in [5, 5.41) is 9.06. The van der Waals surface area contributed by atoms with Crippen LogP contribution in [0.4, 0.5) is 29.3 Å². The molecule has 1 N–H and O–H groups in total. The summed E-state index contributed by atoms with van der Waals surface area (Å²) in [7, 11) is -1.22. The number of carboxylic acid groups (broad SMARTS) is 1. The third-order valence-electron chi connectivity index (χ3n) is 6.02. The molecule has 1 aliphatic heterocycles. The number of hydrogen-bond donors (Lipinski definition) is 1. The van der Waals surface area contributed by atoms with Gasteiger partial charge in [0.2, 0.25) is 5.75 Å². The Morgan fingerprint density at radius 2 is 1.70 bits per heavy atom. The van der Waals surface area contributed by atoms with Gasteiger partial charge in [-0.3, -0.25) is 22.5 Å². The second-order valence-electron chi connectivity index (χ2n) is 8.11. The molecule has 15 heteroatoms. The van der Waals surface area contributed by atoms with Gasteiger partial charge in [0, 0.05) is 14.1 Å². The molecule has 2 heterocycles. The lowest BCUT2D eigenvalue weighted by Gasteiger charge is -2.17. The van der Waals surface area contributed by atoms with E-state index in [1.807, 2.05) is 0 Å². The van der Waals surface area contributed by atoms with Crippen molar-refractivity contribution in [3.63, 3.8) is 0 Å². The summed E-state index contributed by atoms with van der Waals surface area (Å²) in [6.45, 7) is 0.568. The zero-order chi connectivity index (χ0) is 27.4. The number of carbonyl (C=O) groups is 1. The van der Waals surface area contributed by atoms with Crippen molar-refractivity contribution in [3.05, 3.63) is 80.1 Å². The van der Waals surface area contributed by atoms with Crippen LogP contribution in [0, 0.1) is 6.92 Å². The van der Waals surface area contributed by atoms with Crippen LogP contribution in [-0.4, -0.2) is 42.9 Å². The van der Waals surface area contributed by atoms with E-state index in [1.165, 1.54) is 45.3 Å². The van der Waals surface area contributed by atoms with E-state index in [0.29, 0.717) is 10.3 Å². The van der Waals surface area contributed by atoms with Crippen LogP contribution >= 0.6 is 0 Å². The van der Waals surface area contributed by atoms with Crippen molar-refractivity contribution in [2.75, 3.05) is 22.7 Å². The van der Waals surface area contributed by atoms with Gasteiger partial charge in [-0.25, -0.2) is 9.59 Å². The zero-order valence-electron chi connectivity index (χ0n) is 19.5. The van der Waals surface area contributed by atoms with Crippen molar-refractivity contribution in [1.29, 1.82) is 0 Å². The molecule has 0 amide bonds. The van der Waals surface area contributed by atoms with Crippen molar-refractivity contribution in [2.24, 2.45) is 0 Å². The molecule has 0 fully saturated rings. The van der Waals surface area contributed by atoms with Crippen LogP contribution < -0.4 is 24.6 Å². The molecule has 37 heavy (non-hydrogen) atoms. The lowest BCUT2D eigenvalue weighted by atomic mass is 10.0. The summed E-state index contributed by atoms with van der Waals surface area (Å²) >= 11 is 0. The SMILES string of the molecule is Cc1c(Cn2c(=O)c(OC(=O)O)cn(-c3ccc4c(c3)N(C)S(=O)(=O)N4C)c2=O)cccc1C(F)(F)F. The summed E-state index contributed by atoms with van der Waals surface area (Å²) in [6.07, 6.45) is -5.71. The maximum absolute atomic E-state index is 13.4. The summed E-state index contributed by atoms with van der Waals surface area (Å²) in [6, 6.07) is 7.38.